The van der Waals surface area contributed by atoms with Crippen LogP contribution in [0.5, 0.6) is 0 Å². The average molecular weight is 280 g/mol. The molecule has 1 aromatic rings. The fraction of sp³-hybridized carbons (Fsp3) is 0.273. The minimum absolute atomic E-state index is 0.0275. The molecule has 1 amide bonds. The van der Waals surface area contributed by atoms with Crippen LogP contribution in [0.3, 0.4) is 0 Å². The number of hydrogen-bond acceptors (Lipinski definition) is 2. The normalized spacial score (nSPS) is 12.9. The number of anilines is 1. The molecule has 0 aromatic heterocycles. The molecule has 0 bridgehead atoms. The molecule has 0 aliphatic heterocycles. The van der Waals surface area contributed by atoms with Gasteiger partial charge in [-0.3, -0.25) is 9.59 Å². The number of alkyl halides is 3. The molecule has 3 nitrogen and oxygen atoms in total. The molecule has 0 radical (unpaired) electrons. The van der Waals surface area contributed by atoms with Crippen molar-refractivity contribution in [3.05, 3.63) is 29.3 Å². The molecule has 18 heavy (non-hydrogen) atoms. The number of amides is 1. The third-order valence-electron chi connectivity index (χ3n) is 2.13. The molecule has 1 rings (SSSR count). The van der Waals surface area contributed by atoms with Crippen molar-refractivity contribution in [1.29, 1.82) is 0 Å². The summed E-state index contributed by atoms with van der Waals surface area (Å²) in [6.07, 6.45) is -4.92. The Morgan fingerprint density at radius 1 is 1.28 bits per heavy atom. The van der Waals surface area contributed by atoms with E-state index in [-0.39, 0.29) is 10.7 Å². The molecule has 7 heteroatoms. The molecular weight excluding hydrogens is 271 g/mol. The van der Waals surface area contributed by atoms with Gasteiger partial charge < -0.3 is 5.32 Å². The number of carbonyl (C=O) groups excluding carboxylic acids is 2. The summed E-state index contributed by atoms with van der Waals surface area (Å²) in [7, 11) is 0. The van der Waals surface area contributed by atoms with E-state index in [1.54, 1.807) is 6.07 Å². The average Bonchev–Trinajstić information content (AvgIpc) is 2.18. The fourth-order valence-electron chi connectivity index (χ4n) is 1.33. The quantitative estimate of drug-likeness (QED) is 0.865. The number of halogens is 4. The Labute approximate surface area is 106 Å². The van der Waals surface area contributed by atoms with Crippen molar-refractivity contribution in [3.8, 4) is 0 Å². The Hall–Kier alpha value is -1.56. The highest BCUT2D eigenvalue weighted by atomic mass is 35.5. The highest BCUT2D eigenvalue weighted by Crippen LogP contribution is 2.29. The number of hydrogen-bond donors (Lipinski definition) is 1. The predicted octanol–water partition coefficient (Wildman–Crippen LogP) is 3.05. The smallest absolute Gasteiger partial charge is 0.324 e. The van der Waals surface area contributed by atoms with Crippen LogP contribution >= 0.6 is 11.6 Å². The van der Waals surface area contributed by atoms with E-state index in [9.17, 15) is 22.8 Å². The molecule has 0 spiro atoms. The van der Waals surface area contributed by atoms with Crippen LogP contribution in [0.25, 0.3) is 0 Å². The zero-order chi connectivity index (χ0) is 13.9. The number of para-hydroxylation sites is 1. The minimum Gasteiger partial charge on any atom is -0.324 e. The first kappa shape index (κ1) is 14.5. The summed E-state index contributed by atoms with van der Waals surface area (Å²) in [6.45, 7) is 0.713. The number of carbonyl (C=O) groups is 2. The Morgan fingerprint density at radius 3 is 2.28 bits per heavy atom. The highest BCUT2D eigenvalue weighted by Gasteiger charge is 2.48. The molecule has 0 saturated heterocycles. The molecule has 1 N–H and O–H groups in total. The van der Waals surface area contributed by atoms with Gasteiger partial charge in [0, 0.05) is 0 Å². The van der Waals surface area contributed by atoms with Crippen LogP contribution in [-0.2, 0) is 9.59 Å². The summed E-state index contributed by atoms with van der Waals surface area (Å²) in [5.74, 6) is -5.40. The van der Waals surface area contributed by atoms with E-state index in [1.807, 2.05) is 5.32 Å². The van der Waals surface area contributed by atoms with Gasteiger partial charge in [-0.25, -0.2) is 0 Å². The molecule has 0 aliphatic carbocycles. The fourth-order valence-corrected chi connectivity index (χ4v) is 1.51. The van der Waals surface area contributed by atoms with Gasteiger partial charge in [0.1, 0.15) is 0 Å². The number of nitrogens with one attached hydrogen (secondary N) is 1. The molecule has 0 fully saturated rings. The van der Waals surface area contributed by atoms with Crippen molar-refractivity contribution in [2.45, 2.75) is 13.1 Å². The van der Waals surface area contributed by atoms with Gasteiger partial charge in [0.15, 0.2) is 11.7 Å². The Morgan fingerprint density at radius 2 is 1.83 bits per heavy atom. The van der Waals surface area contributed by atoms with Crippen molar-refractivity contribution in [2.24, 2.45) is 5.92 Å². The van der Waals surface area contributed by atoms with Gasteiger partial charge in [0.05, 0.1) is 10.7 Å². The van der Waals surface area contributed by atoms with Crippen LogP contribution in [0, 0.1) is 5.92 Å². The van der Waals surface area contributed by atoms with Gasteiger partial charge in [0.2, 0.25) is 5.91 Å². The van der Waals surface area contributed by atoms with Crippen LogP contribution in [0.4, 0.5) is 18.9 Å². The first-order valence-corrected chi connectivity index (χ1v) is 5.24. The Bertz CT molecular complexity index is 474. The number of ketones is 1. The van der Waals surface area contributed by atoms with Crippen LogP contribution in [-0.4, -0.2) is 17.9 Å². The van der Waals surface area contributed by atoms with Crippen molar-refractivity contribution >= 4 is 29.0 Å². The summed E-state index contributed by atoms with van der Waals surface area (Å²) in [5, 5.41) is 2.08. The zero-order valence-electron chi connectivity index (χ0n) is 9.22. The monoisotopic (exact) mass is 279 g/mol. The largest absolute Gasteiger partial charge is 0.407 e. The summed E-state index contributed by atoms with van der Waals surface area (Å²) in [6, 6.07) is 5.81. The maximum absolute atomic E-state index is 12.5. The molecule has 0 saturated carbocycles. The van der Waals surface area contributed by atoms with E-state index in [0.29, 0.717) is 6.92 Å². The molecule has 98 valence electrons. The number of benzene rings is 1. The topological polar surface area (TPSA) is 46.2 Å². The van der Waals surface area contributed by atoms with E-state index in [4.69, 9.17) is 11.6 Å². The standard InChI is InChI=1S/C11H9ClF3NO2/c1-6(17)9(11(13,14)15)10(18)16-8-5-3-2-4-7(8)12/h2-5,9H,1H3,(H,16,18). The third kappa shape index (κ3) is 3.46. The van der Waals surface area contributed by atoms with E-state index in [2.05, 4.69) is 0 Å². The van der Waals surface area contributed by atoms with E-state index >= 15 is 0 Å². The number of Topliss-reactive ketones (excluding diaryl/α,β-unsaturated/α-hetero) is 1. The van der Waals surface area contributed by atoms with Gasteiger partial charge >= 0.3 is 6.18 Å². The second kappa shape index (κ2) is 5.39. The lowest BCUT2D eigenvalue weighted by atomic mass is 10.0. The van der Waals surface area contributed by atoms with E-state index in [0.717, 1.165) is 0 Å². The molecule has 1 aromatic carbocycles. The summed E-state index contributed by atoms with van der Waals surface area (Å²) >= 11 is 5.69. The van der Waals surface area contributed by atoms with Crippen molar-refractivity contribution in [3.63, 3.8) is 0 Å². The van der Waals surface area contributed by atoms with Gasteiger partial charge in [-0.05, 0) is 19.1 Å². The van der Waals surface area contributed by atoms with Crippen molar-refractivity contribution < 1.29 is 22.8 Å². The Balaban J connectivity index is 2.94. The molecule has 1 unspecified atom stereocenters. The van der Waals surface area contributed by atoms with E-state index < -0.39 is 23.8 Å². The second-order valence-electron chi connectivity index (χ2n) is 3.55. The zero-order valence-corrected chi connectivity index (χ0v) is 9.97. The van der Waals surface area contributed by atoms with Crippen LogP contribution in [0.15, 0.2) is 24.3 Å². The first-order valence-electron chi connectivity index (χ1n) is 4.86. The molecular formula is C11H9ClF3NO2. The molecule has 0 heterocycles. The summed E-state index contributed by atoms with van der Waals surface area (Å²) < 4.78 is 37.5. The van der Waals surface area contributed by atoms with Crippen LogP contribution in [0.1, 0.15) is 6.92 Å². The molecule has 0 aliphatic rings. The van der Waals surface area contributed by atoms with Crippen molar-refractivity contribution in [2.75, 3.05) is 5.32 Å². The van der Waals surface area contributed by atoms with Crippen LogP contribution in [0.2, 0.25) is 5.02 Å². The predicted molar refractivity (Wildman–Crippen MR) is 60.3 cm³/mol. The highest BCUT2D eigenvalue weighted by molar-refractivity contribution is 6.33. The maximum Gasteiger partial charge on any atom is 0.407 e. The minimum atomic E-state index is -4.92. The van der Waals surface area contributed by atoms with Gasteiger partial charge in [0.25, 0.3) is 0 Å². The first-order chi connectivity index (χ1) is 8.23. The third-order valence-corrected chi connectivity index (χ3v) is 2.46. The summed E-state index contributed by atoms with van der Waals surface area (Å²) in [5.41, 5.74) is 0.0275. The van der Waals surface area contributed by atoms with Crippen molar-refractivity contribution in [1.82, 2.24) is 0 Å². The van der Waals surface area contributed by atoms with E-state index in [1.165, 1.54) is 18.2 Å². The van der Waals surface area contributed by atoms with Gasteiger partial charge in [-0.2, -0.15) is 13.2 Å². The lowest BCUT2D eigenvalue weighted by Crippen LogP contribution is -2.39. The number of rotatable bonds is 3. The molecule has 1 atom stereocenters. The maximum atomic E-state index is 12.5. The summed E-state index contributed by atoms with van der Waals surface area (Å²) in [4.78, 5) is 22.3. The second-order valence-corrected chi connectivity index (χ2v) is 3.96. The Kier molecular flexibility index (Phi) is 4.34. The lowest BCUT2D eigenvalue weighted by molar-refractivity contribution is -0.182. The van der Waals surface area contributed by atoms with Gasteiger partial charge in [-0.1, -0.05) is 23.7 Å². The lowest BCUT2D eigenvalue weighted by Gasteiger charge is -2.17. The van der Waals surface area contributed by atoms with Crippen LogP contribution < -0.4 is 5.32 Å². The van der Waals surface area contributed by atoms with Gasteiger partial charge in [-0.15, -0.1) is 0 Å². The SMILES string of the molecule is CC(=O)C(C(=O)Nc1ccccc1Cl)C(F)(F)F.